The van der Waals surface area contributed by atoms with Crippen LogP contribution in [0.4, 0.5) is 4.39 Å². The molecular formula is C15H15ClFNO. The highest BCUT2D eigenvalue weighted by Crippen LogP contribution is 2.33. The number of ether oxygens (including phenoxy) is 1. The average molecular weight is 280 g/mol. The van der Waals surface area contributed by atoms with Crippen LogP contribution in [-0.4, -0.2) is 7.11 Å². The molecule has 0 aliphatic carbocycles. The quantitative estimate of drug-likeness (QED) is 0.926. The minimum absolute atomic E-state index is 0.285. The Balaban J connectivity index is 2.55. The van der Waals surface area contributed by atoms with Crippen LogP contribution >= 0.6 is 11.6 Å². The molecule has 100 valence electrons. The zero-order valence-corrected chi connectivity index (χ0v) is 11.5. The number of aryl methyl sites for hydroxylation is 1. The molecule has 2 rings (SSSR count). The van der Waals surface area contributed by atoms with Crippen molar-refractivity contribution in [1.29, 1.82) is 0 Å². The Labute approximate surface area is 117 Å². The first-order valence-electron chi connectivity index (χ1n) is 5.88. The van der Waals surface area contributed by atoms with Gasteiger partial charge in [0, 0.05) is 16.1 Å². The van der Waals surface area contributed by atoms with Crippen molar-refractivity contribution in [3.8, 4) is 5.75 Å². The smallest absolute Gasteiger partial charge is 0.129 e. The summed E-state index contributed by atoms with van der Waals surface area (Å²) in [6.45, 7) is 1.94. The van der Waals surface area contributed by atoms with Gasteiger partial charge in [-0.25, -0.2) is 4.39 Å². The second-order valence-corrected chi connectivity index (χ2v) is 4.77. The van der Waals surface area contributed by atoms with Gasteiger partial charge < -0.3 is 10.5 Å². The molecule has 2 nitrogen and oxygen atoms in total. The lowest BCUT2D eigenvalue weighted by molar-refractivity contribution is 0.407. The first kappa shape index (κ1) is 13.8. The van der Waals surface area contributed by atoms with Crippen molar-refractivity contribution in [2.75, 3.05) is 7.11 Å². The number of halogens is 2. The molecule has 2 N–H and O–H groups in total. The zero-order valence-electron chi connectivity index (χ0n) is 10.8. The molecule has 0 heterocycles. The highest BCUT2D eigenvalue weighted by molar-refractivity contribution is 6.31. The first-order chi connectivity index (χ1) is 9.04. The van der Waals surface area contributed by atoms with Gasteiger partial charge in [0.15, 0.2) is 0 Å². The third-order valence-electron chi connectivity index (χ3n) is 3.03. The van der Waals surface area contributed by atoms with Crippen LogP contribution in [0.2, 0.25) is 5.02 Å². The summed E-state index contributed by atoms with van der Waals surface area (Å²) in [7, 11) is 1.56. The molecule has 0 fully saturated rings. The van der Waals surface area contributed by atoms with Crippen LogP contribution in [0, 0.1) is 12.7 Å². The molecule has 2 aromatic rings. The van der Waals surface area contributed by atoms with Gasteiger partial charge in [-0.3, -0.25) is 0 Å². The summed E-state index contributed by atoms with van der Waals surface area (Å²) in [5.41, 5.74) is 8.19. The van der Waals surface area contributed by atoms with E-state index in [-0.39, 0.29) is 5.56 Å². The van der Waals surface area contributed by atoms with E-state index < -0.39 is 11.9 Å². The Kier molecular flexibility index (Phi) is 4.08. The molecule has 0 spiro atoms. The molecule has 0 aromatic heterocycles. The van der Waals surface area contributed by atoms with Crippen molar-refractivity contribution in [1.82, 2.24) is 0 Å². The number of benzene rings is 2. The van der Waals surface area contributed by atoms with E-state index in [1.165, 1.54) is 6.07 Å². The van der Waals surface area contributed by atoms with E-state index >= 15 is 0 Å². The summed E-state index contributed by atoms with van der Waals surface area (Å²) in [6.07, 6.45) is 0. The highest BCUT2D eigenvalue weighted by Gasteiger charge is 2.20. The third-order valence-corrected chi connectivity index (χ3v) is 3.36. The zero-order chi connectivity index (χ0) is 14.0. The van der Waals surface area contributed by atoms with Gasteiger partial charge in [-0.2, -0.15) is 0 Å². The maximum Gasteiger partial charge on any atom is 0.129 e. The molecule has 0 radical (unpaired) electrons. The van der Waals surface area contributed by atoms with Crippen molar-refractivity contribution in [3.63, 3.8) is 0 Å². The molecule has 0 aliphatic heterocycles. The summed E-state index contributed by atoms with van der Waals surface area (Å²) >= 11 is 6.05. The SMILES string of the molecule is COc1ccc(C)cc1C(N)c1c(F)cccc1Cl. The second kappa shape index (κ2) is 5.59. The second-order valence-electron chi connectivity index (χ2n) is 4.36. The van der Waals surface area contributed by atoms with Crippen LogP contribution in [0.5, 0.6) is 5.75 Å². The van der Waals surface area contributed by atoms with Crippen molar-refractivity contribution in [3.05, 3.63) is 63.9 Å². The highest BCUT2D eigenvalue weighted by atomic mass is 35.5. The van der Waals surface area contributed by atoms with E-state index in [0.717, 1.165) is 11.1 Å². The molecule has 0 aliphatic rings. The Morgan fingerprint density at radius 3 is 2.63 bits per heavy atom. The fraction of sp³-hybridized carbons (Fsp3) is 0.200. The van der Waals surface area contributed by atoms with Gasteiger partial charge in [0.1, 0.15) is 11.6 Å². The molecule has 1 atom stereocenters. The molecule has 19 heavy (non-hydrogen) atoms. The van der Waals surface area contributed by atoms with E-state index in [0.29, 0.717) is 10.8 Å². The lowest BCUT2D eigenvalue weighted by Gasteiger charge is -2.18. The van der Waals surface area contributed by atoms with Gasteiger partial charge in [0.2, 0.25) is 0 Å². The number of hydrogen-bond acceptors (Lipinski definition) is 2. The summed E-state index contributed by atoms with van der Waals surface area (Å²) in [5.74, 6) is 0.209. The monoisotopic (exact) mass is 279 g/mol. The maximum absolute atomic E-state index is 13.9. The normalized spacial score (nSPS) is 12.3. The van der Waals surface area contributed by atoms with E-state index in [1.54, 1.807) is 19.2 Å². The van der Waals surface area contributed by atoms with Crippen molar-refractivity contribution < 1.29 is 9.13 Å². The summed E-state index contributed by atoms with van der Waals surface area (Å²) < 4.78 is 19.2. The number of hydrogen-bond donors (Lipinski definition) is 1. The fourth-order valence-corrected chi connectivity index (χ4v) is 2.34. The van der Waals surface area contributed by atoms with Gasteiger partial charge in [-0.1, -0.05) is 35.4 Å². The van der Waals surface area contributed by atoms with Crippen LogP contribution in [-0.2, 0) is 0 Å². The standard InChI is InChI=1S/C15H15ClFNO/c1-9-6-7-13(19-2)10(8-9)15(18)14-11(16)4-3-5-12(14)17/h3-8,15H,18H2,1-2H3. The van der Waals surface area contributed by atoms with Gasteiger partial charge >= 0.3 is 0 Å². The van der Waals surface area contributed by atoms with Crippen LogP contribution in [0.3, 0.4) is 0 Å². The number of rotatable bonds is 3. The van der Waals surface area contributed by atoms with Crippen LogP contribution in [0.25, 0.3) is 0 Å². The largest absolute Gasteiger partial charge is 0.496 e. The lowest BCUT2D eigenvalue weighted by Crippen LogP contribution is -2.15. The van der Waals surface area contributed by atoms with E-state index in [2.05, 4.69) is 0 Å². The predicted molar refractivity (Wildman–Crippen MR) is 75.2 cm³/mol. The summed E-state index contributed by atoms with van der Waals surface area (Å²) in [4.78, 5) is 0. The third kappa shape index (κ3) is 2.72. The van der Waals surface area contributed by atoms with Crippen molar-refractivity contribution >= 4 is 11.6 Å². The lowest BCUT2D eigenvalue weighted by atomic mass is 9.96. The molecule has 1 unspecified atom stereocenters. The Hall–Kier alpha value is -1.58. The van der Waals surface area contributed by atoms with Crippen molar-refractivity contribution in [2.24, 2.45) is 5.73 Å². The van der Waals surface area contributed by atoms with Crippen LogP contribution in [0.1, 0.15) is 22.7 Å². The van der Waals surface area contributed by atoms with Gasteiger partial charge in [-0.15, -0.1) is 0 Å². The minimum Gasteiger partial charge on any atom is -0.496 e. The maximum atomic E-state index is 13.9. The summed E-state index contributed by atoms with van der Waals surface area (Å²) in [5, 5.41) is 0.316. The molecule has 4 heteroatoms. The van der Waals surface area contributed by atoms with Crippen molar-refractivity contribution in [2.45, 2.75) is 13.0 Å². The average Bonchev–Trinajstić information content (AvgIpc) is 2.38. The molecule has 0 amide bonds. The molecule has 0 saturated carbocycles. The van der Waals surface area contributed by atoms with Gasteiger partial charge in [0.25, 0.3) is 0 Å². The Morgan fingerprint density at radius 1 is 1.26 bits per heavy atom. The molecule has 0 saturated heterocycles. The first-order valence-corrected chi connectivity index (χ1v) is 6.26. The molecule has 2 aromatic carbocycles. The summed E-state index contributed by atoms with van der Waals surface area (Å²) in [6, 6.07) is 9.49. The topological polar surface area (TPSA) is 35.2 Å². The van der Waals surface area contributed by atoms with E-state index in [9.17, 15) is 4.39 Å². The number of methoxy groups -OCH3 is 1. The fourth-order valence-electron chi connectivity index (χ4n) is 2.06. The van der Waals surface area contributed by atoms with Crippen LogP contribution in [0.15, 0.2) is 36.4 Å². The van der Waals surface area contributed by atoms with Crippen LogP contribution < -0.4 is 10.5 Å². The number of nitrogens with two attached hydrogens (primary N) is 1. The molecule has 0 bridgehead atoms. The van der Waals surface area contributed by atoms with E-state index in [4.69, 9.17) is 22.1 Å². The minimum atomic E-state index is -0.663. The Bertz CT molecular complexity index is 580. The Morgan fingerprint density at radius 2 is 2.00 bits per heavy atom. The van der Waals surface area contributed by atoms with Gasteiger partial charge in [-0.05, 0) is 25.1 Å². The molecular weight excluding hydrogens is 265 g/mol. The van der Waals surface area contributed by atoms with E-state index in [1.807, 2.05) is 25.1 Å². The predicted octanol–water partition coefficient (Wildman–Crippen LogP) is 3.84. The van der Waals surface area contributed by atoms with Gasteiger partial charge in [0.05, 0.1) is 13.2 Å².